The lowest BCUT2D eigenvalue weighted by Crippen LogP contribution is -2.39. The molecule has 2 aromatic rings. The predicted octanol–water partition coefficient (Wildman–Crippen LogP) is 0.537. The lowest BCUT2D eigenvalue weighted by atomic mass is 9.92. The average molecular weight is 248 g/mol. The smallest absolute Gasteiger partial charge is 0.227 e. The van der Waals surface area contributed by atoms with Gasteiger partial charge in [0, 0.05) is 13.6 Å². The Morgan fingerprint density at radius 3 is 2.89 bits per heavy atom. The van der Waals surface area contributed by atoms with Gasteiger partial charge in [-0.25, -0.2) is 15.0 Å². The van der Waals surface area contributed by atoms with Gasteiger partial charge >= 0.3 is 0 Å². The van der Waals surface area contributed by atoms with Crippen LogP contribution in [-0.4, -0.2) is 39.4 Å². The molecule has 2 aromatic heterocycles. The Labute approximate surface area is 104 Å². The van der Waals surface area contributed by atoms with Crippen LogP contribution in [0.3, 0.4) is 0 Å². The van der Waals surface area contributed by atoms with Crippen LogP contribution in [0.25, 0.3) is 11.2 Å². The SMILES string of the molecule is CNC(=O)C(C)(C)CNc1ncnc2nc[nH]c12. The molecule has 0 radical (unpaired) electrons. The van der Waals surface area contributed by atoms with Crippen LogP contribution < -0.4 is 10.6 Å². The van der Waals surface area contributed by atoms with Crippen molar-refractivity contribution in [2.75, 3.05) is 18.9 Å². The van der Waals surface area contributed by atoms with Gasteiger partial charge in [-0.3, -0.25) is 4.79 Å². The fourth-order valence-corrected chi connectivity index (χ4v) is 1.62. The van der Waals surface area contributed by atoms with Crippen molar-refractivity contribution in [3.63, 3.8) is 0 Å². The standard InChI is InChI=1S/C11H16N6O/c1-11(2,10(18)12-3)4-13-8-7-9(15-5-14-7)17-6-16-8/h5-6H,4H2,1-3H3,(H,12,18)(H2,13,14,15,16,17). The molecule has 1 amide bonds. The third-order valence-electron chi connectivity index (χ3n) is 2.76. The number of imidazole rings is 1. The molecule has 0 fully saturated rings. The molecule has 0 aromatic carbocycles. The van der Waals surface area contributed by atoms with Gasteiger partial charge in [0.15, 0.2) is 11.5 Å². The molecule has 96 valence electrons. The second-order valence-electron chi connectivity index (χ2n) is 4.64. The molecule has 3 N–H and O–H groups in total. The van der Waals surface area contributed by atoms with E-state index in [-0.39, 0.29) is 5.91 Å². The van der Waals surface area contributed by atoms with Crippen molar-refractivity contribution in [3.8, 4) is 0 Å². The minimum absolute atomic E-state index is 0.0232. The molecule has 0 aliphatic heterocycles. The molecule has 0 atom stereocenters. The van der Waals surface area contributed by atoms with Crippen molar-refractivity contribution in [2.45, 2.75) is 13.8 Å². The molecule has 0 aliphatic carbocycles. The second kappa shape index (κ2) is 4.59. The number of carbonyl (C=O) groups is 1. The molecule has 0 saturated carbocycles. The maximum absolute atomic E-state index is 11.7. The zero-order chi connectivity index (χ0) is 13.2. The number of hydrogen-bond donors (Lipinski definition) is 3. The number of anilines is 1. The van der Waals surface area contributed by atoms with Crippen molar-refractivity contribution < 1.29 is 4.79 Å². The topological polar surface area (TPSA) is 95.6 Å². The van der Waals surface area contributed by atoms with E-state index in [0.717, 1.165) is 5.52 Å². The van der Waals surface area contributed by atoms with E-state index in [9.17, 15) is 4.79 Å². The van der Waals surface area contributed by atoms with Crippen LogP contribution in [0.2, 0.25) is 0 Å². The summed E-state index contributed by atoms with van der Waals surface area (Å²) in [4.78, 5) is 26.8. The summed E-state index contributed by atoms with van der Waals surface area (Å²) in [5.41, 5.74) is 0.821. The van der Waals surface area contributed by atoms with Gasteiger partial charge in [0.05, 0.1) is 11.7 Å². The van der Waals surface area contributed by atoms with Crippen LogP contribution in [0.4, 0.5) is 5.82 Å². The van der Waals surface area contributed by atoms with Gasteiger partial charge in [-0.05, 0) is 13.8 Å². The van der Waals surface area contributed by atoms with Gasteiger partial charge in [-0.15, -0.1) is 0 Å². The number of nitrogens with zero attached hydrogens (tertiary/aromatic N) is 3. The van der Waals surface area contributed by atoms with E-state index < -0.39 is 5.41 Å². The molecule has 2 rings (SSSR count). The molecule has 2 heterocycles. The van der Waals surface area contributed by atoms with Gasteiger partial charge < -0.3 is 15.6 Å². The van der Waals surface area contributed by atoms with E-state index in [2.05, 4.69) is 30.6 Å². The highest BCUT2D eigenvalue weighted by Crippen LogP contribution is 2.19. The molecule has 18 heavy (non-hydrogen) atoms. The molecule has 0 spiro atoms. The van der Waals surface area contributed by atoms with Crippen LogP contribution in [0.15, 0.2) is 12.7 Å². The molecule has 0 bridgehead atoms. The summed E-state index contributed by atoms with van der Waals surface area (Å²) >= 11 is 0. The van der Waals surface area contributed by atoms with Gasteiger partial charge in [-0.1, -0.05) is 0 Å². The van der Waals surface area contributed by atoms with Crippen molar-refractivity contribution in [3.05, 3.63) is 12.7 Å². The first kappa shape index (κ1) is 12.3. The van der Waals surface area contributed by atoms with E-state index in [0.29, 0.717) is 18.0 Å². The molecule has 7 nitrogen and oxygen atoms in total. The first-order valence-corrected chi connectivity index (χ1v) is 5.65. The van der Waals surface area contributed by atoms with Crippen molar-refractivity contribution in [1.82, 2.24) is 25.3 Å². The fourth-order valence-electron chi connectivity index (χ4n) is 1.62. The Bertz CT molecular complexity index is 561. The van der Waals surface area contributed by atoms with Crippen LogP contribution >= 0.6 is 0 Å². The molecule has 0 aliphatic rings. The minimum Gasteiger partial charge on any atom is -0.367 e. The zero-order valence-electron chi connectivity index (χ0n) is 10.6. The molecular weight excluding hydrogens is 232 g/mol. The van der Waals surface area contributed by atoms with Crippen LogP contribution in [0, 0.1) is 5.41 Å². The number of nitrogens with one attached hydrogen (secondary N) is 3. The summed E-state index contributed by atoms with van der Waals surface area (Å²) in [6, 6.07) is 0. The fraction of sp³-hybridized carbons (Fsp3) is 0.455. The summed E-state index contributed by atoms with van der Waals surface area (Å²) < 4.78 is 0. The van der Waals surface area contributed by atoms with E-state index in [1.807, 2.05) is 13.8 Å². The predicted molar refractivity (Wildman–Crippen MR) is 68.0 cm³/mol. The normalized spacial score (nSPS) is 11.5. The van der Waals surface area contributed by atoms with Gasteiger partial charge in [-0.2, -0.15) is 0 Å². The monoisotopic (exact) mass is 248 g/mol. The highest BCUT2D eigenvalue weighted by molar-refractivity contribution is 5.84. The van der Waals surface area contributed by atoms with Crippen molar-refractivity contribution >= 4 is 22.9 Å². The lowest BCUT2D eigenvalue weighted by Gasteiger charge is -2.23. The third kappa shape index (κ3) is 2.24. The number of aromatic nitrogens is 4. The number of carbonyl (C=O) groups excluding carboxylic acids is 1. The Hall–Kier alpha value is -2.18. The van der Waals surface area contributed by atoms with E-state index >= 15 is 0 Å². The highest BCUT2D eigenvalue weighted by Gasteiger charge is 2.26. The molecule has 7 heteroatoms. The molecule has 0 unspecified atom stereocenters. The molecular formula is C11H16N6O. The maximum Gasteiger partial charge on any atom is 0.227 e. The first-order chi connectivity index (χ1) is 8.54. The number of amides is 1. The largest absolute Gasteiger partial charge is 0.367 e. The number of H-pyrrole nitrogens is 1. The Kier molecular flexibility index (Phi) is 3.14. The number of fused-ring (bicyclic) bond motifs is 1. The van der Waals surface area contributed by atoms with Crippen LogP contribution in [0.5, 0.6) is 0 Å². The van der Waals surface area contributed by atoms with E-state index in [4.69, 9.17) is 0 Å². The van der Waals surface area contributed by atoms with Crippen LogP contribution in [0.1, 0.15) is 13.8 Å². The first-order valence-electron chi connectivity index (χ1n) is 5.65. The van der Waals surface area contributed by atoms with Crippen molar-refractivity contribution in [1.29, 1.82) is 0 Å². The maximum atomic E-state index is 11.7. The summed E-state index contributed by atoms with van der Waals surface area (Å²) in [6.07, 6.45) is 3.01. The van der Waals surface area contributed by atoms with Crippen molar-refractivity contribution in [2.24, 2.45) is 5.41 Å². The third-order valence-corrected chi connectivity index (χ3v) is 2.76. The Morgan fingerprint density at radius 1 is 1.39 bits per heavy atom. The van der Waals surface area contributed by atoms with E-state index in [1.165, 1.54) is 6.33 Å². The summed E-state index contributed by atoms with van der Waals surface area (Å²) in [5, 5.41) is 5.79. The lowest BCUT2D eigenvalue weighted by molar-refractivity contribution is -0.128. The molecule has 0 saturated heterocycles. The highest BCUT2D eigenvalue weighted by atomic mass is 16.2. The Morgan fingerprint density at radius 2 is 2.17 bits per heavy atom. The van der Waals surface area contributed by atoms with Crippen LogP contribution in [-0.2, 0) is 4.79 Å². The van der Waals surface area contributed by atoms with Gasteiger partial charge in [0.2, 0.25) is 5.91 Å². The second-order valence-corrected chi connectivity index (χ2v) is 4.64. The average Bonchev–Trinajstić information content (AvgIpc) is 2.84. The van der Waals surface area contributed by atoms with Gasteiger partial charge in [0.25, 0.3) is 0 Å². The quantitative estimate of drug-likeness (QED) is 0.733. The number of hydrogen-bond acceptors (Lipinski definition) is 5. The summed E-state index contributed by atoms with van der Waals surface area (Å²) in [6.45, 7) is 4.20. The van der Waals surface area contributed by atoms with E-state index in [1.54, 1.807) is 13.4 Å². The zero-order valence-corrected chi connectivity index (χ0v) is 10.6. The Balaban J connectivity index is 2.15. The minimum atomic E-state index is -0.522. The van der Waals surface area contributed by atoms with Gasteiger partial charge in [0.1, 0.15) is 11.8 Å². The summed E-state index contributed by atoms with van der Waals surface area (Å²) in [7, 11) is 1.63. The summed E-state index contributed by atoms with van der Waals surface area (Å²) in [5.74, 6) is 0.624. The number of rotatable bonds is 4. The number of aromatic amines is 1.